The van der Waals surface area contributed by atoms with Crippen LogP contribution >= 0.6 is 0 Å². The van der Waals surface area contributed by atoms with E-state index in [-0.39, 0.29) is 0 Å². The number of carbonyl (C=O) groups excluding carboxylic acids is 1. The molecule has 2 rings (SSSR count). The van der Waals surface area contributed by atoms with E-state index in [1.54, 1.807) is 6.21 Å². The van der Waals surface area contributed by atoms with Crippen molar-refractivity contribution in [3.05, 3.63) is 52.8 Å². The summed E-state index contributed by atoms with van der Waals surface area (Å²) in [6.45, 7) is 6.23. The summed E-state index contributed by atoms with van der Waals surface area (Å²) in [5.41, 5.74) is 12.8. The smallest absolute Gasteiger partial charge is 0.332 e. The Balaban J connectivity index is 2.44. The summed E-state index contributed by atoms with van der Waals surface area (Å²) in [5.74, 6) is 0. The van der Waals surface area contributed by atoms with Crippen molar-refractivity contribution in [1.29, 1.82) is 0 Å². The topological polar surface area (TPSA) is 72.4 Å². The number of primary amides is 1. The second-order valence-electron chi connectivity index (χ2n) is 4.88. The van der Waals surface area contributed by atoms with Crippen molar-refractivity contribution < 1.29 is 4.79 Å². The van der Waals surface area contributed by atoms with E-state index in [4.69, 9.17) is 5.73 Å². The Morgan fingerprint density at radius 1 is 1.38 bits per heavy atom. The van der Waals surface area contributed by atoms with Gasteiger partial charge in [0.05, 0.1) is 6.21 Å². The Hall–Kier alpha value is -2.56. The summed E-state index contributed by atoms with van der Waals surface area (Å²) in [6, 6.07) is 9.70. The molecule has 0 saturated carbocycles. The highest BCUT2D eigenvalue weighted by atomic mass is 16.2. The number of urea groups is 1. The molecular weight excluding hydrogens is 264 g/mol. The second-order valence-corrected chi connectivity index (χ2v) is 4.88. The first-order valence-electron chi connectivity index (χ1n) is 6.90. The van der Waals surface area contributed by atoms with Gasteiger partial charge in [0, 0.05) is 22.6 Å². The predicted octanol–water partition coefficient (Wildman–Crippen LogP) is 2.66. The zero-order valence-corrected chi connectivity index (χ0v) is 12.6. The first kappa shape index (κ1) is 14.8. The van der Waals surface area contributed by atoms with Crippen molar-refractivity contribution in [2.24, 2.45) is 10.8 Å². The van der Waals surface area contributed by atoms with Gasteiger partial charge >= 0.3 is 6.03 Å². The monoisotopic (exact) mass is 284 g/mol. The molecular formula is C16H20N4O. The maximum absolute atomic E-state index is 10.6. The van der Waals surface area contributed by atoms with Crippen molar-refractivity contribution in [1.82, 2.24) is 9.99 Å². The summed E-state index contributed by atoms with van der Waals surface area (Å²) in [7, 11) is 0. The third kappa shape index (κ3) is 3.13. The van der Waals surface area contributed by atoms with Gasteiger partial charge in [-0.2, -0.15) is 5.10 Å². The molecule has 21 heavy (non-hydrogen) atoms. The minimum absolute atomic E-state index is 0.670. The molecule has 0 atom stereocenters. The molecule has 2 aromatic rings. The van der Waals surface area contributed by atoms with Crippen LogP contribution in [0.4, 0.5) is 4.79 Å². The fraction of sp³-hybridized carbons (Fsp3) is 0.250. The average molecular weight is 284 g/mol. The molecule has 2 amide bonds. The number of para-hydroxylation sites is 1. The molecule has 5 heteroatoms. The number of nitrogens with one attached hydrogen (secondary N) is 1. The van der Waals surface area contributed by atoms with E-state index >= 15 is 0 Å². The van der Waals surface area contributed by atoms with E-state index in [0.717, 1.165) is 23.4 Å². The molecule has 0 saturated heterocycles. The van der Waals surface area contributed by atoms with Crippen LogP contribution in [-0.4, -0.2) is 16.8 Å². The van der Waals surface area contributed by atoms with E-state index in [1.165, 1.54) is 11.3 Å². The number of nitrogens with two attached hydrogens (primary N) is 1. The Morgan fingerprint density at radius 3 is 2.76 bits per heavy atom. The Labute approximate surface area is 124 Å². The van der Waals surface area contributed by atoms with E-state index in [9.17, 15) is 4.79 Å². The molecule has 0 aliphatic carbocycles. The van der Waals surface area contributed by atoms with Gasteiger partial charge < -0.3 is 10.3 Å². The first-order valence-corrected chi connectivity index (χ1v) is 6.90. The highest BCUT2D eigenvalue weighted by Gasteiger charge is 2.11. The van der Waals surface area contributed by atoms with Crippen molar-refractivity contribution in [2.45, 2.75) is 27.2 Å². The zero-order valence-electron chi connectivity index (χ0n) is 12.6. The largest absolute Gasteiger partial charge is 0.350 e. The van der Waals surface area contributed by atoms with Gasteiger partial charge in [0.1, 0.15) is 0 Å². The number of benzene rings is 1. The molecule has 110 valence electrons. The van der Waals surface area contributed by atoms with Crippen LogP contribution in [0.3, 0.4) is 0 Å². The fourth-order valence-electron chi connectivity index (χ4n) is 2.48. The third-order valence-electron chi connectivity index (χ3n) is 3.46. The molecule has 0 unspecified atom stereocenters. The molecule has 0 aliphatic rings. The number of aromatic nitrogens is 1. The maximum Gasteiger partial charge on any atom is 0.332 e. The average Bonchev–Trinajstić information content (AvgIpc) is 2.73. The standard InChI is InChI=1S/C16H20N4O/c1-4-13-7-5-6-8-15(13)20-11(2)9-14(12(20)3)10-18-19-16(17)21/h5-10H,4H2,1-3H3,(H3,17,19,21)/b18-10-. The number of aryl methyl sites for hydroxylation is 2. The van der Waals surface area contributed by atoms with Gasteiger partial charge in [-0.15, -0.1) is 0 Å². The van der Waals surface area contributed by atoms with Crippen molar-refractivity contribution in [3.8, 4) is 5.69 Å². The predicted molar refractivity (Wildman–Crippen MR) is 84.9 cm³/mol. The molecule has 1 heterocycles. The lowest BCUT2D eigenvalue weighted by Gasteiger charge is -2.13. The molecule has 0 aliphatic heterocycles. The number of hydrogen-bond acceptors (Lipinski definition) is 2. The van der Waals surface area contributed by atoms with Gasteiger partial charge in [-0.3, -0.25) is 0 Å². The van der Waals surface area contributed by atoms with Crippen LogP contribution in [0.5, 0.6) is 0 Å². The van der Waals surface area contributed by atoms with Crippen molar-refractivity contribution in [3.63, 3.8) is 0 Å². The van der Waals surface area contributed by atoms with Crippen molar-refractivity contribution in [2.75, 3.05) is 0 Å². The van der Waals surface area contributed by atoms with Gasteiger partial charge in [-0.05, 0) is 38.0 Å². The Morgan fingerprint density at radius 2 is 2.10 bits per heavy atom. The lowest BCUT2D eigenvalue weighted by atomic mass is 10.1. The minimum atomic E-state index is -0.670. The molecule has 0 bridgehead atoms. The lowest BCUT2D eigenvalue weighted by molar-refractivity contribution is 0.249. The minimum Gasteiger partial charge on any atom is -0.350 e. The van der Waals surface area contributed by atoms with E-state index in [0.29, 0.717) is 0 Å². The Bertz CT molecular complexity index is 686. The Kier molecular flexibility index (Phi) is 4.42. The van der Waals surface area contributed by atoms with Crippen LogP contribution < -0.4 is 11.2 Å². The SMILES string of the molecule is CCc1ccccc1-n1c(C)cc(/C=N\NC(N)=O)c1C. The number of hydrogen-bond donors (Lipinski definition) is 2. The molecule has 3 N–H and O–H groups in total. The molecule has 1 aromatic heterocycles. The summed E-state index contributed by atoms with van der Waals surface area (Å²) in [4.78, 5) is 10.6. The normalized spacial score (nSPS) is 11.0. The van der Waals surface area contributed by atoms with E-state index in [2.05, 4.69) is 47.1 Å². The quantitative estimate of drug-likeness (QED) is 0.657. The van der Waals surface area contributed by atoms with Crippen LogP contribution in [0.25, 0.3) is 5.69 Å². The molecule has 1 aromatic carbocycles. The van der Waals surface area contributed by atoms with Gasteiger partial charge in [0.25, 0.3) is 0 Å². The van der Waals surface area contributed by atoms with Gasteiger partial charge in [-0.25, -0.2) is 10.2 Å². The molecule has 5 nitrogen and oxygen atoms in total. The second kappa shape index (κ2) is 6.26. The molecule has 0 spiro atoms. The van der Waals surface area contributed by atoms with Crippen LogP contribution in [0.15, 0.2) is 35.4 Å². The van der Waals surface area contributed by atoms with E-state index in [1.807, 2.05) is 19.1 Å². The highest BCUT2D eigenvalue weighted by Crippen LogP contribution is 2.23. The zero-order chi connectivity index (χ0) is 15.4. The summed E-state index contributed by atoms with van der Waals surface area (Å²) in [5, 5.41) is 3.83. The number of carbonyl (C=O) groups is 1. The first-order chi connectivity index (χ1) is 10.0. The summed E-state index contributed by atoms with van der Waals surface area (Å²) < 4.78 is 2.20. The highest BCUT2D eigenvalue weighted by molar-refractivity contribution is 5.83. The van der Waals surface area contributed by atoms with Crippen LogP contribution in [0.1, 0.15) is 29.4 Å². The number of amides is 2. The maximum atomic E-state index is 10.6. The van der Waals surface area contributed by atoms with Gasteiger partial charge in [0.2, 0.25) is 0 Å². The van der Waals surface area contributed by atoms with Gasteiger partial charge in [-0.1, -0.05) is 25.1 Å². The van der Waals surface area contributed by atoms with E-state index < -0.39 is 6.03 Å². The van der Waals surface area contributed by atoms with Crippen LogP contribution in [0.2, 0.25) is 0 Å². The fourth-order valence-corrected chi connectivity index (χ4v) is 2.48. The third-order valence-corrected chi connectivity index (χ3v) is 3.46. The molecule has 0 fully saturated rings. The number of hydrazone groups is 1. The van der Waals surface area contributed by atoms with Crippen molar-refractivity contribution >= 4 is 12.2 Å². The molecule has 0 radical (unpaired) electrons. The van der Waals surface area contributed by atoms with Gasteiger partial charge in [0.15, 0.2) is 0 Å². The van der Waals surface area contributed by atoms with Crippen LogP contribution in [0, 0.1) is 13.8 Å². The number of nitrogens with zero attached hydrogens (tertiary/aromatic N) is 2. The number of rotatable bonds is 4. The summed E-state index contributed by atoms with van der Waals surface area (Å²) in [6.07, 6.45) is 2.58. The van der Waals surface area contributed by atoms with Crippen LogP contribution in [-0.2, 0) is 6.42 Å². The lowest BCUT2D eigenvalue weighted by Crippen LogP contribution is -2.24. The summed E-state index contributed by atoms with van der Waals surface area (Å²) >= 11 is 0.